The number of fused-ring (bicyclic) bond motifs is 1. The number of benzene rings is 1. The van der Waals surface area contributed by atoms with Crippen molar-refractivity contribution in [2.24, 2.45) is 5.14 Å². The summed E-state index contributed by atoms with van der Waals surface area (Å²) in [5, 5.41) is 5.13. The lowest BCUT2D eigenvalue weighted by Gasteiger charge is -2.04. The van der Waals surface area contributed by atoms with Gasteiger partial charge in [-0.15, -0.1) is 11.3 Å². The summed E-state index contributed by atoms with van der Waals surface area (Å²) in [5.74, 6) is 1.08. The average molecular weight is 316 g/mol. The monoisotopic (exact) mass is 316 g/mol. The molecule has 0 spiro atoms. The molecule has 2 aromatic rings. The topological polar surface area (TPSA) is 93.3 Å². The molecule has 2 rings (SSSR count). The van der Waals surface area contributed by atoms with Crippen LogP contribution in [-0.2, 0) is 10.3 Å². The van der Waals surface area contributed by atoms with Gasteiger partial charge in [0, 0.05) is 5.92 Å². The molecule has 20 heavy (non-hydrogen) atoms. The number of hydrogen-bond donors (Lipinski definition) is 2. The maximum atomic E-state index is 8.97. The van der Waals surface area contributed by atoms with E-state index in [0.717, 1.165) is 0 Å². The number of hydrogen-bond acceptors (Lipinski definition) is 4. The highest BCUT2D eigenvalue weighted by atomic mass is 32.2. The van der Waals surface area contributed by atoms with Crippen molar-refractivity contribution in [3.05, 3.63) is 28.8 Å². The normalized spacial score (nSPS) is 11.8. The second kappa shape index (κ2) is 6.62. The molecule has 0 amide bonds. The summed E-state index contributed by atoms with van der Waals surface area (Å²) in [5.41, 5.74) is 2.58. The Morgan fingerprint density at radius 2 is 1.75 bits per heavy atom. The molecule has 0 unspecified atom stereocenters. The van der Waals surface area contributed by atoms with Crippen LogP contribution in [0.2, 0.25) is 0 Å². The van der Waals surface area contributed by atoms with Gasteiger partial charge >= 0.3 is 10.3 Å². The molecule has 0 saturated carbocycles. The predicted molar refractivity (Wildman–Crippen MR) is 83.5 cm³/mol. The lowest BCUT2D eigenvalue weighted by molar-refractivity contribution is 0.485. The van der Waals surface area contributed by atoms with Gasteiger partial charge in [0.05, 0.1) is 15.2 Å². The van der Waals surface area contributed by atoms with E-state index in [1.54, 1.807) is 0 Å². The SMILES string of the molecule is CC(C)c1nc2c(C(C)C)cccc2s1.NS(=O)(=O)O. The molecule has 0 saturated heterocycles. The van der Waals surface area contributed by atoms with Crippen LogP contribution in [0.1, 0.15) is 50.1 Å². The van der Waals surface area contributed by atoms with E-state index in [4.69, 9.17) is 18.0 Å². The van der Waals surface area contributed by atoms with Crippen molar-refractivity contribution in [3.8, 4) is 0 Å². The Morgan fingerprint density at radius 3 is 2.20 bits per heavy atom. The van der Waals surface area contributed by atoms with Crippen LogP contribution in [0.3, 0.4) is 0 Å². The fourth-order valence-corrected chi connectivity index (χ4v) is 2.70. The maximum absolute atomic E-state index is 8.97. The van der Waals surface area contributed by atoms with E-state index < -0.39 is 10.3 Å². The van der Waals surface area contributed by atoms with Gasteiger partial charge < -0.3 is 0 Å². The second-order valence-electron chi connectivity index (χ2n) is 5.07. The first-order chi connectivity index (χ1) is 9.09. The molecular formula is C13H20N2O3S2. The smallest absolute Gasteiger partial charge is 0.274 e. The third kappa shape index (κ3) is 5.16. The molecular weight excluding hydrogens is 296 g/mol. The van der Waals surface area contributed by atoms with Crippen molar-refractivity contribution in [1.29, 1.82) is 0 Å². The van der Waals surface area contributed by atoms with Crippen molar-refractivity contribution in [2.45, 2.75) is 39.5 Å². The summed E-state index contributed by atoms with van der Waals surface area (Å²) in [6, 6.07) is 6.50. The quantitative estimate of drug-likeness (QED) is 0.831. The first-order valence-electron chi connectivity index (χ1n) is 6.24. The molecule has 5 nitrogen and oxygen atoms in total. The number of aromatic nitrogens is 1. The molecule has 0 bridgehead atoms. The van der Waals surface area contributed by atoms with E-state index in [1.807, 2.05) is 11.3 Å². The van der Waals surface area contributed by atoms with Gasteiger partial charge in [0.1, 0.15) is 0 Å². The molecule has 1 aromatic carbocycles. The van der Waals surface area contributed by atoms with Crippen LogP contribution in [0, 0.1) is 0 Å². The summed E-state index contributed by atoms with van der Waals surface area (Å²) < 4.78 is 26.5. The van der Waals surface area contributed by atoms with Crippen LogP contribution < -0.4 is 5.14 Å². The zero-order valence-corrected chi connectivity index (χ0v) is 13.6. The second-order valence-corrected chi connectivity index (χ2v) is 7.16. The van der Waals surface area contributed by atoms with E-state index in [2.05, 4.69) is 51.0 Å². The Balaban J connectivity index is 0.000000347. The minimum absolute atomic E-state index is 0.530. The van der Waals surface area contributed by atoms with Crippen molar-refractivity contribution in [1.82, 2.24) is 4.98 Å². The van der Waals surface area contributed by atoms with Gasteiger partial charge in [-0.05, 0) is 17.5 Å². The fraction of sp³-hybridized carbons (Fsp3) is 0.462. The van der Waals surface area contributed by atoms with Gasteiger partial charge in [-0.1, -0.05) is 39.8 Å². The van der Waals surface area contributed by atoms with Crippen LogP contribution in [0.4, 0.5) is 0 Å². The van der Waals surface area contributed by atoms with E-state index in [9.17, 15) is 0 Å². The molecule has 7 heteroatoms. The first kappa shape index (κ1) is 17.0. The molecule has 0 aliphatic heterocycles. The van der Waals surface area contributed by atoms with E-state index in [0.29, 0.717) is 11.8 Å². The number of nitrogens with two attached hydrogens (primary N) is 1. The molecule has 0 fully saturated rings. The van der Waals surface area contributed by atoms with Gasteiger partial charge in [0.25, 0.3) is 0 Å². The van der Waals surface area contributed by atoms with Crippen LogP contribution in [0.15, 0.2) is 18.2 Å². The molecule has 0 radical (unpaired) electrons. The zero-order valence-electron chi connectivity index (χ0n) is 12.0. The molecule has 1 aromatic heterocycles. The van der Waals surface area contributed by atoms with Crippen molar-refractivity contribution in [2.75, 3.05) is 0 Å². The number of para-hydroxylation sites is 1. The van der Waals surface area contributed by atoms with E-state index in [-0.39, 0.29) is 0 Å². The van der Waals surface area contributed by atoms with Gasteiger partial charge in [0.2, 0.25) is 0 Å². The lowest BCUT2D eigenvalue weighted by atomic mass is 10.0. The third-order valence-corrected chi connectivity index (χ3v) is 3.90. The molecule has 112 valence electrons. The number of thiazole rings is 1. The minimum atomic E-state index is -4.17. The highest BCUT2D eigenvalue weighted by Crippen LogP contribution is 2.31. The van der Waals surface area contributed by atoms with Crippen molar-refractivity contribution >= 4 is 31.9 Å². The Hall–Kier alpha value is -1.02. The Bertz CT molecular complexity index is 668. The highest BCUT2D eigenvalue weighted by molar-refractivity contribution is 7.83. The van der Waals surface area contributed by atoms with Gasteiger partial charge in [-0.25, -0.2) is 10.1 Å². The van der Waals surface area contributed by atoms with Crippen molar-refractivity contribution < 1.29 is 13.0 Å². The van der Waals surface area contributed by atoms with Gasteiger partial charge in [0.15, 0.2) is 0 Å². The lowest BCUT2D eigenvalue weighted by Crippen LogP contribution is -2.08. The highest BCUT2D eigenvalue weighted by Gasteiger charge is 2.11. The Kier molecular flexibility index (Phi) is 5.64. The van der Waals surface area contributed by atoms with Crippen LogP contribution >= 0.6 is 11.3 Å². The predicted octanol–water partition coefficient (Wildman–Crippen LogP) is 3.29. The minimum Gasteiger partial charge on any atom is -0.274 e. The first-order valence-corrected chi connectivity index (χ1v) is 8.56. The summed E-state index contributed by atoms with van der Waals surface area (Å²) >= 11 is 1.83. The molecule has 1 heterocycles. The maximum Gasteiger partial charge on any atom is 0.330 e. The largest absolute Gasteiger partial charge is 0.330 e. The Labute approximate surface area is 123 Å². The molecule has 0 atom stereocenters. The van der Waals surface area contributed by atoms with Crippen molar-refractivity contribution in [3.63, 3.8) is 0 Å². The summed E-state index contributed by atoms with van der Waals surface area (Å²) in [4.78, 5) is 4.75. The standard InChI is InChI=1S/C13H17NS.H3NO3S/c1-8(2)10-6-5-7-11-12(10)14-13(15-11)9(3)4;1-5(2,3)4/h5-9H,1-4H3;(H3,1,2,3,4). The summed E-state index contributed by atoms with van der Waals surface area (Å²) in [6.45, 7) is 8.85. The summed E-state index contributed by atoms with van der Waals surface area (Å²) in [6.07, 6.45) is 0. The number of nitrogens with zero attached hydrogens (tertiary/aromatic N) is 1. The van der Waals surface area contributed by atoms with Crippen LogP contribution in [0.5, 0.6) is 0 Å². The molecule has 3 N–H and O–H groups in total. The Morgan fingerprint density at radius 1 is 1.20 bits per heavy atom. The van der Waals surface area contributed by atoms with Crippen LogP contribution in [0.25, 0.3) is 10.2 Å². The van der Waals surface area contributed by atoms with Crippen LogP contribution in [-0.4, -0.2) is 18.0 Å². The summed E-state index contributed by atoms with van der Waals surface area (Å²) in [7, 11) is -4.17. The van der Waals surface area contributed by atoms with Gasteiger partial charge in [-0.3, -0.25) is 4.55 Å². The third-order valence-electron chi connectivity index (χ3n) is 2.58. The molecule has 0 aliphatic carbocycles. The molecule has 0 aliphatic rings. The zero-order chi connectivity index (χ0) is 15.5. The fourth-order valence-electron chi connectivity index (χ4n) is 1.70. The van der Waals surface area contributed by atoms with Gasteiger partial charge in [-0.2, -0.15) is 8.42 Å². The average Bonchev–Trinajstić information content (AvgIpc) is 2.69. The van der Waals surface area contributed by atoms with E-state index >= 15 is 0 Å². The number of rotatable bonds is 2. The van der Waals surface area contributed by atoms with E-state index in [1.165, 1.54) is 20.8 Å².